The van der Waals surface area contributed by atoms with Crippen LogP contribution in [0.5, 0.6) is 0 Å². The van der Waals surface area contributed by atoms with E-state index in [1.807, 2.05) is 0 Å². The molecule has 0 atom stereocenters. The van der Waals surface area contributed by atoms with Crippen LogP contribution in [0.15, 0.2) is 29.2 Å². The number of anilines is 1. The number of rotatable bonds is 4. The molecule has 6 nitrogen and oxygen atoms in total. The Hall–Kier alpha value is -1.89. The van der Waals surface area contributed by atoms with Crippen LogP contribution in [0.2, 0.25) is 0 Å². The topological polar surface area (TPSA) is 101 Å². The van der Waals surface area contributed by atoms with Gasteiger partial charge >= 0.3 is 5.97 Å². The number of hydrogen-bond donors (Lipinski definition) is 2. The van der Waals surface area contributed by atoms with E-state index in [1.165, 1.54) is 24.3 Å². The number of amides is 1. The molecule has 0 unspecified atom stereocenters. The van der Waals surface area contributed by atoms with E-state index in [1.54, 1.807) is 0 Å². The lowest BCUT2D eigenvalue weighted by Gasteiger charge is -2.11. The lowest BCUT2D eigenvalue weighted by atomic mass is 10.1. The minimum atomic E-state index is -3.36. The SMILES string of the molecule is CS(=O)(=O)c1cccc(NC(=O)C2(C(=O)O)CC2)c1. The average molecular weight is 283 g/mol. The highest BCUT2D eigenvalue weighted by Crippen LogP contribution is 2.46. The zero-order valence-electron chi connectivity index (χ0n) is 10.2. The molecule has 1 aliphatic rings. The summed E-state index contributed by atoms with van der Waals surface area (Å²) in [6.45, 7) is 0. The number of nitrogens with one attached hydrogen (secondary N) is 1. The molecular formula is C12H13NO5S. The summed E-state index contributed by atoms with van der Waals surface area (Å²) >= 11 is 0. The molecule has 1 saturated carbocycles. The van der Waals surface area contributed by atoms with E-state index in [2.05, 4.69) is 5.32 Å². The Kier molecular flexibility index (Phi) is 3.09. The Balaban J connectivity index is 2.21. The largest absolute Gasteiger partial charge is 0.480 e. The van der Waals surface area contributed by atoms with E-state index in [0.29, 0.717) is 12.8 Å². The number of benzene rings is 1. The molecule has 1 aliphatic carbocycles. The van der Waals surface area contributed by atoms with Crippen LogP contribution in [0.1, 0.15) is 12.8 Å². The summed E-state index contributed by atoms with van der Waals surface area (Å²) in [5, 5.41) is 11.4. The first-order chi connectivity index (χ1) is 8.75. The lowest BCUT2D eigenvalue weighted by molar-refractivity contribution is -0.147. The second-order valence-electron chi connectivity index (χ2n) is 4.64. The van der Waals surface area contributed by atoms with E-state index in [0.717, 1.165) is 6.26 Å². The fourth-order valence-corrected chi connectivity index (χ4v) is 2.39. The van der Waals surface area contributed by atoms with Crippen LogP contribution in [0, 0.1) is 5.41 Å². The summed E-state index contributed by atoms with van der Waals surface area (Å²) in [7, 11) is -3.36. The van der Waals surface area contributed by atoms with Crippen molar-refractivity contribution in [1.82, 2.24) is 0 Å². The summed E-state index contributed by atoms with van der Waals surface area (Å²) in [5.74, 6) is -1.75. The average Bonchev–Trinajstić information content (AvgIpc) is 3.09. The molecule has 0 aliphatic heterocycles. The fourth-order valence-electron chi connectivity index (χ4n) is 1.72. The van der Waals surface area contributed by atoms with Gasteiger partial charge < -0.3 is 10.4 Å². The smallest absolute Gasteiger partial charge is 0.319 e. The summed E-state index contributed by atoms with van der Waals surface area (Å²) < 4.78 is 22.8. The van der Waals surface area contributed by atoms with Crippen LogP contribution in [-0.2, 0) is 19.4 Å². The van der Waals surface area contributed by atoms with E-state index in [4.69, 9.17) is 5.11 Å². The minimum Gasteiger partial charge on any atom is -0.480 e. The second kappa shape index (κ2) is 4.34. The number of carboxylic acid groups (broad SMARTS) is 1. The first-order valence-electron chi connectivity index (χ1n) is 5.61. The summed E-state index contributed by atoms with van der Waals surface area (Å²) in [6.07, 6.45) is 1.67. The number of sulfone groups is 1. The monoisotopic (exact) mass is 283 g/mol. The number of aliphatic carboxylic acids is 1. The molecule has 2 rings (SSSR count). The molecule has 7 heteroatoms. The Morgan fingerprint density at radius 2 is 1.95 bits per heavy atom. The second-order valence-corrected chi connectivity index (χ2v) is 6.66. The van der Waals surface area contributed by atoms with Gasteiger partial charge in [-0.1, -0.05) is 6.07 Å². The number of carboxylic acids is 1. The predicted octanol–water partition coefficient (Wildman–Crippen LogP) is 0.893. The highest BCUT2D eigenvalue weighted by Gasteiger charge is 2.57. The van der Waals surface area contributed by atoms with E-state index in [9.17, 15) is 18.0 Å². The highest BCUT2D eigenvalue weighted by atomic mass is 32.2. The van der Waals surface area contributed by atoms with Crippen LogP contribution in [-0.4, -0.2) is 31.7 Å². The van der Waals surface area contributed by atoms with Crippen molar-refractivity contribution in [2.75, 3.05) is 11.6 Å². The number of carbonyl (C=O) groups is 2. The van der Waals surface area contributed by atoms with Crippen molar-refractivity contribution in [3.05, 3.63) is 24.3 Å². The Bertz CT molecular complexity index is 646. The summed E-state index contributed by atoms with van der Waals surface area (Å²) in [6, 6.07) is 5.73. The first-order valence-corrected chi connectivity index (χ1v) is 7.50. The molecule has 0 radical (unpaired) electrons. The maximum atomic E-state index is 11.9. The van der Waals surface area contributed by atoms with Crippen molar-refractivity contribution >= 4 is 27.4 Å². The molecule has 1 aromatic carbocycles. The van der Waals surface area contributed by atoms with Crippen molar-refractivity contribution in [3.63, 3.8) is 0 Å². The number of carbonyl (C=O) groups excluding carboxylic acids is 1. The van der Waals surface area contributed by atoms with Crippen LogP contribution >= 0.6 is 0 Å². The van der Waals surface area contributed by atoms with Gasteiger partial charge in [-0.05, 0) is 31.0 Å². The van der Waals surface area contributed by atoms with Gasteiger partial charge in [-0.3, -0.25) is 9.59 Å². The van der Waals surface area contributed by atoms with Crippen molar-refractivity contribution < 1.29 is 23.1 Å². The zero-order chi connectivity index (χ0) is 14.3. The molecular weight excluding hydrogens is 270 g/mol. The number of hydrogen-bond acceptors (Lipinski definition) is 4. The molecule has 1 amide bonds. The van der Waals surface area contributed by atoms with E-state index in [-0.39, 0.29) is 10.6 Å². The van der Waals surface area contributed by atoms with E-state index >= 15 is 0 Å². The first kappa shape index (κ1) is 13.5. The molecule has 0 bridgehead atoms. The Morgan fingerprint density at radius 1 is 1.32 bits per heavy atom. The van der Waals surface area contributed by atoms with Crippen molar-refractivity contribution in [2.45, 2.75) is 17.7 Å². The van der Waals surface area contributed by atoms with Crippen LogP contribution < -0.4 is 5.32 Å². The van der Waals surface area contributed by atoms with Crippen molar-refractivity contribution in [1.29, 1.82) is 0 Å². The fraction of sp³-hybridized carbons (Fsp3) is 0.333. The Morgan fingerprint density at radius 3 is 2.42 bits per heavy atom. The molecule has 0 saturated heterocycles. The van der Waals surface area contributed by atoms with Gasteiger partial charge in [0.1, 0.15) is 5.41 Å². The van der Waals surface area contributed by atoms with Gasteiger partial charge in [-0.25, -0.2) is 8.42 Å². The van der Waals surface area contributed by atoms with Crippen LogP contribution in [0.4, 0.5) is 5.69 Å². The van der Waals surface area contributed by atoms with Gasteiger partial charge in [0.05, 0.1) is 4.90 Å². The highest BCUT2D eigenvalue weighted by molar-refractivity contribution is 7.90. The van der Waals surface area contributed by atoms with Crippen LogP contribution in [0.3, 0.4) is 0 Å². The quantitative estimate of drug-likeness (QED) is 0.799. The van der Waals surface area contributed by atoms with Gasteiger partial charge in [0.2, 0.25) is 5.91 Å². The molecule has 2 N–H and O–H groups in total. The van der Waals surface area contributed by atoms with E-state index < -0.39 is 27.1 Å². The predicted molar refractivity (Wildman–Crippen MR) is 67.5 cm³/mol. The zero-order valence-corrected chi connectivity index (χ0v) is 11.0. The van der Waals surface area contributed by atoms with Gasteiger partial charge in [0.15, 0.2) is 9.84 Å². The van der Waals surface area contributed by atoms with Crippen molar-refractivity contribution in [2.24, 2.45) is 5.41 Å². The van der Waals surface area contributed by atoms with Gasteiger partial charge in [-0.2, -0.15) is 0 Å². The minimum absolute atomic E-state index is 0.0745. The maximum absolute atomic E-state index is 11.9. The van der Waals surface area contributed by atoms with Crippen molar-refractivity contribution in [3.8, 4) is 0 Å². The third-order valence-corrected chi connectivity index (χ3v) is 4.22. The Labute approximate surface area is 110 Å². The van der Waals surface area contributed by atoms with Gasteiger partial charge in [-0.15, -0.1) is 0 Å². The van der Waals surface area contributed by atoms with Gasteiger partial charge in [0, 0.05) is 11.9 Å². The summed E-state index contributed by atoms with van der Waals surface area (Å²) in [4.78, 5) is 22.9. The maximum Gasteiger partial charge on any atom is 0.319 e. The summed E-state index contributed by atoms with van der Waals surface area (Å²) in [5.41, 5.74) is -1.07. The molecule has 1 aromatic rings. The van der Waals surface area contributed by atoms with Gasteiger partial charge in [0.25, 0.3) is 0 Å². The standard InChI is InChI=1S/C12H13NO5S/c1-19(17,18)9-4-2-3-8(7-9)13-10(14)12(5-6-12)11(15)16/h2-4,7H,5-6H2,1H3,(H,13,14)(H,15,16). The molecule has 0 spiro atoms. The molecule has 0 aromatic heterocycles. The molecule has 0 heterocycles. The lowest BCUT2D eigenvalue weighted by Crippen LogP contribution is -2.31. The molecule has 1 fully saturated rings. The molecule has 19 heavy (non-hydrogen) atoms. The third-order valence-electron chi connectivity index (χ3n) is 3.11. The van der Waals surface area contributed by atoms with Crippen LogP contribution in [0.25, 0.3) is 0 Å². The molecule has 102 valence electrons. The third kappa shape index (κ3) is 2.60. The normalized spacial score (nSPS) is 16.7.